The third-order valence-corrected chi connectivity index (χ3v) is 6.75. The summed E-state index contributed by atoms with van der Waals surface area (Å²) >= 11 is 0. The van der Waals surface area contributed by atoms with Crippen LogP contribution in [0.3, 0.4) is 0 Å². The van der Waals surface area contributed by atoms with Crippen molar-refractivity contribution >= 4 is 46.7 Å². The van der Waals surface area contributed by atoms with E-state index in [-0.39, 0.29) is 35.7 Å². The van der Waals surface area contributed by atoms with Gasteiger partial charge in [-0.2, -0.15) is 0 Å². The molecule has 1 aromatic carbocycles. The van der Waals surface area contributed by atoms with Crippen molar-refractivity contribution in [3.8, 4) is 0 Å². The fraction of sp³-hybridized carbons (Fsp3) is 0.583. The Kier molecular flexibility index (Phi) is 9.78. The van der Waals surface area contributed by atoms with E-state index in [1.54, 1.807) is 7.05 Å². The summed E-state index contributed by atoms with van der Waals surface area (Å²) in [7, 11) is 1.78. The minimum absolute atomic E-state index is 0. The SMILES string of the molecule is CN=C(NCCc1c[nH]c2cc(F)ccc12)NCCN1CCN(C(=O)C2CCCC2)CC1.I. The van der Waals surface area contributed by atoms with Crippen LogP contribution in [0.5, 0.6) is 0 Å². The Morgan fingerprint density at radius 3 is 2.61 bits per heavy atom. The number of amides is 1. The van der Waals surface area contributed by atoms with Crippen molar-refractivity contribution in [3.05, 3.63) is 35.8 Å². The molecule has 1 aliphatic heterocycles. The van der Waals surface area contributed by atoms with E-state index in [1.165, 1.54) is 25.0 Å². The molecular formula is C24H36FIN6O. The number of piperazine rings is 1. The number of nitrogens with one attached hydrogen (secondary N) is 3. The van der Waals surface area contributed by atoms with Gasteiger partial charge in [0.05, 0.1) is 0 Å². The van der Waals surface area contributed by atoms with Crippen LogP contribution in [0.4, 0.5) is 4.39 Å². The molecule has 2 fully saturated rings. The summed E-state index contributed by atoms with van der Waals surface area (Å²) in [6.45, 7) is 6.04. The van der Waals surface area contributed by atoms with Crippen LogP contribution in [0.1, 0.15) is 31.2 Å². The lowest BCUT2D eigenvalue weighted by atomic mass is 10.1. The number of guanidine groups is 1. The Bertz CT molecular complexity index is 934. The van der Waals surface area contributed by atoms with Gasteiger partial charge < -0.3 is 20.5 Å². The van der Waals surface area contributed by atoms with Gasteiger partial charge in [0.2, 0.25) is 5.91 Å². The van der Waals surface area contributed by atoms with Crippen molar-refractivity contribution < 1.29 is 9.18 Å². The van der Waals surface area contributed by atoms with Crippen LogP contribution in [0, 0.1) is 11.7 Å². The standard InChI is InChI=1S/C24H35FN6O.HI/c1-26-24(27-9-8-19-17-29-22-16-20(25)6-7-21(19)22)28-10-11-30-12-14-31(15-13-30)23(32)18-4-2-3-5-18;/h6-7,16-18,29H,2-5,8-15H2,1H3,(H2,26,27,28);1H. The highest BCUT2D eigenvalue weighted by molar-refractivity contribution is 14.0. The number of aliphatic imine (C=N–C) groups is 1. The zero-order valence-electron chi connectivity index (χ0n) is 19.4. The van der Waals surface area contributed by atoms with E-state index in [4.69, 9.17) is 0 Å². The van der Waals surface area contributed by atoms with Gasteiger partial charge in [-0.25, -0.2) is 4.39 Å². The second kappa shape index (κ2) is 12.5. The Morgan fingerprint density at radius 2 is 1.88 bits per heavy atom. The Labute approximate surface area is 212 Å². The maximum atomic E-state index is 13.3. The van der Waals surface area contributed by atoms with Gasteiger partial charge >= 0.3 is 0 Å². The number of aromatic amines is 1. The van der Waals surface area contributed by atoms with Crippen molar-refractivity contribution in [1.82, 2.24) is 25.4 Å². The average molecular weight is 570 g/mol. The fourth-order valence-electron chi connectivity index (χ4n) is 4.86. The van der Waals surface area contributed by atoms with Crippen molar-refractivity contribution in [3.63, 3.8) is 0 Å². The number of hydrogen-bond donors (Lipinski definition) is 3. The average Bonchev–Trinajstić information content (AvgIpc) is 3.48. The number of hydrogen-bond acceptors (Lipinski definition) is 3. The molecule has 4 rings (SSSR count). The molecule has 0 spiro atoms. The lowest BCUT2D eigenvalue weighted by Gasteiger charge is -2.36. The largest absolute Gasteiger partial charge is 0.361 e. The molecule has 33 heavy (non-hydrogen) atoms. The quantitative estimate of drug-likeness (QED) is 0.272. The number of aromatic nitrogens is 1. The van der Waals surface area contributed by atoms with Crippen LogP contribution in [0.2, 0.25) is 0 Å². The predicted octanol–water partition coefficient (Wildman–Crippen LogP) is 2.97. The summed E-state index contributed by atoms with van der Waals surface area (Å²) < 4.78 is 13.3. The molecule has 1 aromatic heterocycles. The molecule has 1 amide bonds. The highest BCUT2D eigenvalue weighted by Gasteiger charge is 2.29. The van der Waals surface area contributed by atoms with E-state index in [9.17, 15) is 9.18 Å². The molecule has 0 atom stereocenters. The van der Waals surface area contributed by atoms with E-state index >= 15 is 0 Å². The van der Waals surface area contributed by atoms with Crippen LogP contribution in [0.15, 0.2) is 29.4 Å². The molecule has 9 heteroatoms. The van der Waals surface area contributed by atoms with Crippen LogP contribution < -0.4 is 10.6 Å². The van der Waals surface area contributed by atoms with Gasteiger partial charge in [-0.3, -0.25) is 14.7 Å². The highest BCUT2D eigenvalue weighted by Crippen LogP contribution is 2.26. The summed E-state index contributed by atoms with van der Waals surface area (Å²) in [4.78, 5) is 24.5. The molecule has 3 N–H and O–H groups in total. The summed E-state index contributed by atoms with van der Waals surface area (Å²) in [6.07, 6.45) is 7.34. The minimum atomic E-state index is -0.226. The van der Waals surface area contributed by atoms with Crippen LogP contribution in [0.25, 0.3) is 10.9 Å². The Balaban J connectivity index is 0.00000306. The van der Waals surface area contributed by atoms with Crippen LogP contribution in [-0.4, -0.2) is 79.5 Å². The normalized spacial score (nSPS) is 17.9. The topological polar surface area (TPSA) is 75.8 Å². The molecule has 1 saturated carbocycles. The number of fused-ring (bicyclic) bond motifs is 1. The Hall–Kier alpha value is -1.88. The summed E-state index contributed by atoms with van der Waals surface area (Å²) in [5.41, 5.74) is 1.99. The second-order valence-electron chi connectivity index (χ2n) is 8.83. The first-order valence-electron chi connectivity index (χ1n) is 11.8. The van der Waals surface area contributed by atoms with Gasteiger partial charge in [0, 0.05) is 75.9 Å². The van der Waals surface area contributed by atoms with Crippen LogP contribution in [-0.2, 0) is 11.2 Å². The van der Waals surface area contributed by atoms with Gasteiger partial charge in [0.1, 0.15) is 5.82 Å². The van der Waals surface area contributed by atoms with E-state index in [2.05, 4.69) is 30.4 Å². The van der Waals surface area contributed by atoms with Gasteiger partial charge in [-0.15, -0.1) is 24.0 Å². The molecule has 0 unspecified atom stereocenters. The van der Waals surface area contributed by atoms with Crippen molar-refractivity contribution in [2.75, 3.05) is 52.9 Å². The first kappa shape index (κ1) is 25.7. The van der Waals surface area contributed by atoms with Gasteiger partial charge in [-0.05, 0) is 43.0 Å². The van der Waals surface area contributed by atoms with E-state index < -0.39 is 0 Å². The summed E-state index contributed by atoms with van der Waals surface area (Å²) in [6, 6.07) is 4.85. The fourth-order valence-corrected chi connectivity index (χ4v) is 4.86. The zero-order valence-corrected chi connectivity index (χ0v) is 21.7. The van der Waals surface area contributed by atoms with Crippen molar-refractivity contribution in [1.29, 1.82) is 0 Å². The molecule has 1 aliphatic carbocycles. The summed E-state index contributed by atoms with van der Waals surface area (Å²) in [5.74, 6) is 1.22. The molecular weight excluding hydrogens is 534 g/mol. The lowest BCUT2D eigenvalue weighted by Crippen LogP contribution is -2.52. The number of halogens is 2. The third-order valence-electron chi connectivity index (χ3n) is 6.75. The molecule has 1 saturated heterocycles. The number of carbonyl (C=O) groups excluding carboxylic acids is 1. The molecule has 0 bridgehead atoms. The maximum absolute atomic E-state index is 13.3. The van der Waals surface area contributed by atoms with Crippen molar-refractivity contribution in [2.45, 2.75) is 32.1 Å². The highest BCUT2D eigenvalue weighted by atomic mass is 127. The first-order valence-corrected chi connectivity index (χ1v) is 11.8. The number of nitrogens with zero attached hydrogens (tertiary/aromatic N) is 3. The molecule has 2 aliphatic rings. The zero-order chi connectivity index (χ0) is 22.3. The predicted molar refractivity (Wildman–Crippen MR) is 142 cm³/mol. The number of benzene rings is 1. The third kappa shape index (κ3) is 6.81. The number of carbonyl (C=O) groups is 1. The smallest absolute Gasteiger partial charge is 0.225 e. The molecule has 0 radical (unpaired) electrons. The Morgan fingerprint density at radius 1 is 1.15 bits per heavy atom. The molecule has 182 valence electrons. The number of rotatable bonds is 7. The lowest BCUT2D eigenvalue weighted by molar-refractivity contribution is -0.137. The van der Waals surface area contributed by atoms with Gasteiger partial charge in [0.15, 0.2) is 5.96 Å². The van der Waals surface area contributed by atoms with Crippen LogP contribution >= 0.6 is 24.0 Å². The van der Waals surface area contributed by atoms with E-state index in [0.29, 0.717) is 5.91 Å². The minimum Gasteiger partial charge on any atom is -0.361 e. The van der Waals surface area contributed by atoms with E-state index in [0.717, 1.165) is 87.5 Å². The van der Waals surface area contributed by atoms with E-state index in [1.807, 2.05) is 12.3 Å². The maximum Gasteiger partial charge on any atom is 0.225 e. The first-order chi connectivity index (χ1) is 15.6. The van der Waals surface area contributed by atoms with Gasteiger partial charge in [-0.1, -0.05) is 12.8 Å². The van der Waals surface area contributed by atoms with Gasteiger partial charge in [0.25, 0.3) is 0 Å². The molecule has 7 nitrogen and oxygen atoms in total. The summed E-state index contributed by atoms with van der Waals surface area (Å²) in [5, 5.41) is 7.79. The molecule has 2 aromatic rings. The van der Waals surface area contributed by atoms with Crippen molar-refractivity contribution in [2.24, 2.45) is 10.9 Å². The second-order valence-corrected chi connectivity index (χ2v) is 8.83. The molecule has 2 heterocycles. The number of H-pyrrole nitrogens is 1. The monoisotopic (exact) mass is 570 g/mol.